The Hall–Kier alpha value is -11.5. The SMILES string of the molecule is CC(=O)N(C)c1cc(-c2ccccc2C)cc(-c2ccccc2C)c1.CC(=O)Oc1cc(-c2ccccc2C)cc(-c2ccccc2C)c1.COC(=O)c1cc(-c2ccccc2C)cc(-c2ccccc2C)c1.Cc1ccccc1-c1cc(C(=O)N(C)C)cc(-c2ccccc2C)c1. The number of carbonyl (C=O) groups excluding carboxylic acids is 4. The van der Waals surface area contributed by atoms with Crippen LogP contribution in [0.3, 0.4) is 0 Å². The Labute approximate surface area is 579 Å². The summed E-state index contributed by atoms with van der Waals surface area (Å²) in [6, 6.07) is 90.5. The van der Waals surface area contributed by atoms with Gasteiger partial charge in [0.25, 0.3) is 5.91 Å². The number of esters is 2. The van der Waals surface area contributed by atoms with E-state index in [9.17, 15) is 19.2 Å². The lowest BCUT2D eigenvalue weighted by Crippen LogP contribution is -2.22. The monoisotopic (exact) mass is 1290 g/mol. The average Bonchev–Trinajstić information content (AvgIpc) is 0.826. The molecule has 0 aliphatic rings. The quantitative estimate of drug-likeness (QED) is 0.0894. The third kappa shape index (κ3) is 17.7. The highest BCUT2D eigenvalue weighted by Crippen LogP contribution is 2.38. The van der Waals surface area contributed by atoms with E-state index in [0.29, 0.717) is 16.9 Å². The molecular formula is C90H86N2O6. The van der Waals surface area contributed by atoms with Gasteiger partial charge in [-0.3, -0.25) is 14.4 Å². The van der Waals surface area contributed by atoms with Gasteiger partial charge < -0.3 is 19.3 Å². The summed E-state index contributed by atoms with van der Waals surface area (Å²) in [4.78, 5) is 51.4. The molecule has 0 bridgehead atoms. The van der Waals surface area contributed by atoms with Gasteiger partial charge in [-0.1, -0.05) is 194 Å². The van der Waals surface area contributed by atoms with E-state index in [0.717, 1.165) is 83.6 Å². The second-order valence-electron chi connectivity index (χ2n) is 25.0. The van der Waals surface area contributed by atoms with Crippen LogP contribution in [0.4, 0.5) is 5.69 Å². The normalized spacial score (nSPS) is 10.5. The summed E-state index contributed by atoms with van der Waals surface area (Å²) >= 11 is 0. The third-order valence-corrected chi connectivity index (χ3v) is 17.5. The molecule has 0 N–H and O–H groups in total. The minimum absolute atomic E-state index is 0.0188. The van der Waals surface area contributed by atoms with E-state index in [-0.39, 0.29) is 23.8 Å². The van der Waals surface area contributed by atoms with Gasteiger partial charge in [0.05, 0.1) is 12.7 Å². The lowest BCUT2D eigenvalue weighted by molar-refractivity contribution is -0.131. The number of nitrogens with zero attached hydrogens (tertiary/aromatic N) is 2. The molecule has 0 atom stereocenters. The first-order valence-corrected chi connectivity index (χ1v) is 32.9. The molecule has 8 heteroatoms. The van der Waals surface area contributed by atoms with E-state index in [1.165, 1.54) is 69.7 Å². The molecular weight excluding hydrogens is 1200 g/mol. The standard InChI is InChI=1S/2C23H23NO.2C22H20O2/c1-16-9-5-7-11-21(16)18-13-19(22-12-8-6-10-17(22)2)15-20(14-18)23(25)24(3)4;1-16-9-5-7-11-22(16)19-13-20(23-12-8-6-10-17(23)2)15-21(14-19)24(4)18(3)25;1-15-8-4-6-10-20(15)17-12-18(14-19(13-17)22(23)24-3)21-11-7-5-9-16(21)2;1-15-8-4-6-10-21(15)18-12-19(14-20(13-18)24-17(3)23)22-11-7-5-9-16(22)2/h2*5-15H,1-4H3;2*4-14H,1-3H3. The van der Waals surface area contributed by atoms with E-state index in [1.807, 2.05) is 128 Å². The van der Waals surface area contributed by atoms with Crippen molar-refractivity contribution in [2.45, 2.75) is 69.2 Å². The van der Waals surface area contributed by atoms with E-state index in [4.69, 9.17) is 9.47 Å². The predicted molar refractivity (Wildman–Crippen MR) is 407 cm³/mol. The minimum Gasteiger partial charge on any atom is -0.465 e. The molecule has 0 saturated carbocycles. The first-order valence-electron chi connectivity index (χ1n) is 32.9. The Morgan fingerprint density at radius 3 is 0.735 bits per heavy atom. The number of amides is 2. The minimum atomic E-state index is -0.319. The Morgan fingerprint density at radius 2 is 0.520 bits per heavy atom. The van der Waals surface area contributed by atoms with Crippen molar-refractivity contribution in [1.82, 2.24) is 4.90 Å². The highest BCUT2D eigenvalue weighted by atomic mass is 16.5. The molecule has 12 aromatic rings. The van der Waals surface area contributed by atoms with Crippen molar-refractivity contribution in [3.8, 4) is 94.8 Å². The molecule has 0 aromatic heterocycles. The third-order valence-electron chi connectivity index (χ3n) is 17.5. The fourth-order valence-electron chi connectivity index (χ4n) is 12.1. The van der Waals surface area contributed by atoms with Gasteiger partial charge >= 0.3 is 11.9 Å². The fourth-order valence-corrected chi connectivity index (χ4v) is 12.1. The molecule has 98 heavy (non-hydrogen) atoms. The number of hydrogen-bond acceptors (Lipinski definition) is 6. The Kier molecular flexibility index (Phi) is 23.7. The van der Waals surface area contributed by atoms with Crippen LogP contribution in [0.2, 0.25) is 0 Å². The van der Waals surface area contributed by atoms with Crippen LogP contribution < -0.4 is 9.64 Å². The number of rotatable bonds is 12. The fraction of sp³-hybridized carbons (Fsp3) is 0.156. The van der Waals surface area contributed by atoms with Crippen LogP contribution in [0.15, 0.2) is 267 Å². The van der Waals surface area contributed by atoms with E-state index in [2.05, 4.69) is 201 Å². The van der Waals surface area contributed by atoms with Crippen molar-refractivity contribution in [2.75, 3.05) is 33.2 Å². The van der Waals surface area contributed by atoms with E-state index >= 15 is 0 Å². The average molecular weight is 1290 g/mol. The number of methoxy groups -OCH3 is 1. The van der Waals surface area contributed by atoms with Gasteiger partial charge in [0.2, 0.25) is 5.91 Å². The zero-order chi connectivity index (χ0) is 70.2. The van der Waals surface area contributed by atoms with Gasteiger partial charge in [0.15, 0.2) is 0 Å². The Morgan fingerprint density at radius 1 is 0.296 bits per heavy atom. The van der Waals surface area contributed by atoms with Crippen LogP contribution in [-0.4, -0.2) is 56.9 Å². The highest BCUT2D eigenvalue weighted by Gasteiger charge is 2.18. The van der Waals surface area contributed by atoms with Crippen molar-refractivity contribution < 1.29 is 28.7 Å². The summed E-state index contributed by atoms with van der Waals surface area (Å²) in [6.45, 7) is 19.8. The second kappa shape index (κ2) is 32.8. The largest absolute Gasteiger partial charge is 0.465 e. The maximum atomic E-state index is 12.6. The number of aryl methyl sites for hydroxylation is 8. The summed E-state index contributed by atoms with van der Waals surface area (Å²) in [7, 11) is 6.81. The van der Waals surface area contributed by atoms with Crippen molar-refractivity contribution in [1.29, 1.82) is 0 Å². The van der Waals surface area contributed by atoms with E-state index < -0.39 is 0 Å². The lowest BCUT2D eigenvalue weighted by Gasteiger charge is -2.19. The molecule has 12 aromatic carbocycles. The van der Waals surface area contributed by atoms with Gasteiger partial charge in [-0.05, 0) is 262 Å². The molecule has 0 fully saturated rings. The Balaban J connectivity index is 0.000000153. The zero-order valence-electron chi connectivity index (χ0n) is 58.7. The van der Waals surface area contributed by atoms with Crippen molar-refractivity contribution in [2.24, 2.45) is 0 Å². The number of anilines is 1. The van der Waals surface area contributed by atoms with Gasteiger partial charge in [0.1, 0.15) is 5.75 Å². The summed E-state index contributed by atoms with van der Waals surface area (Å²) < 4.78 is 10.3. The Bertz CT molecular complexity index is 4610. The smallest absolute Gasteiger partial charge is 0.337 e. The summed E-state index contributed by atoms with van der Waals surface area (Å²) in [5.74, 6) is -0.0163. The lowest BCUT2D eigenvalue weighted by atomic mass is 9.92. The molecule has 0 heterocycles. The summed E-state index contributed by atoms with van der Waals surface area (Å²) in [5, 5.41) is 0. The van der Waals surface area contributed by atoms with Gasteiger partial charge in [-0.2, -0.15) is 0 Å². The van der Waals surface area contributed by atoms with E-state index in [1.54, 1.807) is 30.8 Å². The summed E-state index contributed by atoms with van der Waals surface area (Å²) in [6.07, 6.45) is 0. The summed E-state index contributed by atoms with van der Waals surface area (Å²) in [5.41, 5.74) is 29.5. The molecule has 0 unspecified atom stereocenters. The number of ether oxygens (including phenoxy) is 2. The molecule has 0 spiro atoms. The molecule has 0 radical (unpaired) electrons. The first kappa shape index (κ1) is 70.8. The van der Waals surface area contributed by atoms with Gasteiger partial charge in [-0.15, -0.1) is 0 Å². The van der Waals surface area contributed by atoms with Crippen molar-refractivity contribution >= 4 is 29.4 Å². The molecule has 0 aliphatic heterocycles. The number of benzene rings is 12. The molecule has 2 amide bonds. The first-order chi connectivity index (χ1) is 47.1. The predicted octanol–water partition coefficient (Wildman–Crippen LogP) is 21.9. The topological polar surface area (TPSA) is 93.2 Å². The highest BCUT2D eigenvalue weighted by molar-refractivity contribution is 5.98. The molecule has 8 nitrogen and oxygen atoms in total. The molecule has 492 valence electrons. The molecule has 0 saturated heterocycles. The van der Waals surface area contributed by atoms with Gasteiger partial charge in [0, 0.05) is 46.2 Å². The van der Waals surface area contributed by atoms with Crippen LogP contribution in [0.25, 0.3) is 89.0 Å². The molecule has 0 aliphatic carbocycles. The number of carbonyl (C=O) groups is 4. The maximum absolute atomic E-state index is 12.6. The van der Waals surface area contributed by atoms with Gasteiger partial charge in [-0.25, -0.2) is 4.79 Å². The van der Waals surface area contributed by atoms with Crippen molar-refractivity contribution in [3.05, 3.63) is 323 Å². The van der Waals surface area contributed by atoms with Crippen LogP contribution in [0.1, 0.15) is 79.1 Å². The second-order valence-corrected chi connectivity index (χ2v) is 25.0. The zero-order valence-corrected chi connectivity index (χ0v) is 58.7. The van der Waals surface area contributed by atoms with Crippen LogP contribution in [0.5, 0.6) is 5.75 Å². The van der Waals surface area contributed by atoms with Crippen LogP contribution in [0, 0.1) is 55.4 Å². The number of hydrogen-bond donors (Lipinski definition) is 0. The van der Waals surface area contributed by atoms with Crippen LogP contribution >= 0.6 is 0 Å². The van der Waals surface area contributed by atoms with Crippen LogP contribution in [-0.2, 0) is 14.3 Å². The maximum Gasteiger partial charge on any atom is 0.337 e. The molecule has 12 rings (SSSR count). The van der Waals surface area contributed by atoms with Crippen molar-refractivity contribution in [3.63, 3.8) is 0 Å².